The van der Waals surface area contributed by atoms with Gasteiger partial charge in [0.15, 0.2) is 0 Å². The average Bonchev–Trinajstić information content (AvgIpc) is 2.82. The fraction of sp³-hybridized carbons (Fsp3) is 1.00. The molecular formula is C15H32N2O. The van der Waals surface area contributed by atoms with Crippen molar-refractivity contribution in [3.05, 3.63) is 0 Å². The Kier molecular flexibility index (Phi) is 6.61. The molecule has 0 aromatic carbocycles. The van der Waals surface area contributed by atoms with Crippen LogP contribution in [0.25, 0.3) is 0 Å². The van der Waals surface area contributed by atoms with Crippen molar-refractivity contribution in [1.82, 2.24) is 10.2 Å². The Morgan fingerprint density at radius 2 is 2.17 bits per heavy atom. The van der Waals surface area contributed by atoms with E-state index in [0.717, 1.165) is 13.0 Å². The van der Waals surface area contributed by atoms with Crippen LogP contribution >= 0.6 is 0 Å². The molecule has 0 aromatic rings. The third-order valence-electron chi connectivity index (χ3n) is 5.12. The molecule has 0 aliphatic heterocycles. The van der Waals surface area contributed by atoms with Crippen LogP contribution in [-0.2, 0) is 0 Å². The van der Waals surface area contributed by atoms with Gasteiger partial charge in [0.05, 0.1) is 6.61 Å². The zero-order chi connectivity index (χ0) is 13.6. The van der Waals surface area contributed by atoms with Gasteiger partial charge in [0.2, 0.25) is 0 Å². The normalized spacial score (nSPS) is 30.0. The highest BCUT2D eigenvalue weighted by atomic mass is 16.3. The van der Waals surface area contributed by atoms with Crippen molar-refractivity contribution in [2.24, 2.45) is 5.92 Å². The van der Waals surface area contributed by atoms with Gasteiger partial charge in [-0.2, -0.15) is 0 Å². The van der Waals surface area contributed by atoms with Gasteiger partial charge >= 0.3 is 0 Å². The molecule has 3 heteroatoms. The summed E-state index contributed by atoms with van der Waals surface area (Å²) < 4.78 is 0. The molecule has 18 heavy (non-hydrogen) atoms. The van der Waals surface area contributed by atoms with Gasteiger partial charge in [0.25, 0.3) is 0 Å². The first-order chi connectivity index (χ1) is 8.63. The van der Waals surface area contributed by atoms with E-state index in [1.54, 1.807) is 0 Å². The van der Waals surface area contributed by atoms with Crippen LogP contribution in [0.5, 0.6) is 0 Å². The van der Waals surface area contributed by atoms with E-state index in [4.69, 9.17) is 0 Å². The Labute approximate surface area is 113 Å². The molecule has 108 valence electrons. The molecule has 1 fully saturated rings. The summed E-state index contributed by atoms with van der Waals surface area (Å²) >= 11 is 0. The van der Waals surface area contributed by atoms with E-state index in [2.05, 4.69) is 31.0 Å². The summed E-state index contributed by atoms with van der Waals surface area (Å²) in [6.07, 6.45) is 6.07. The lowest BCUT2D eigenvalue weighted by atomic mass is 9.85. The van der Waals surface area contributed by atoms with Crippen molar-refractivity contribution in [3.8, 4) is 0 Å². The molecule has 1 rings (SSSR count). The number of nitrogens with zero attached hydrogens (tertiary/aromatic N) is 1. The summed E-state index contributed by atoms with van der Waals surface area (Å²) in [7, 11) is 2.00. The van der Waals surface area contributed by atoms with Crippen LogP contribution in [0.3, 0.4) is 0 Å². The Morgan fingerprint density at radius 3 is 2.67 bits per heavy atom. The summed E-state index contributed by atoms with van der Waals surface area (Å²) in [5.74, 6) is 0.630. The number of hydrogen-bond donors (Lipinski definition) is 2. The minimum Gasteiger partial charge on any atom is -0.394 e. The highest BCUT2D eigenvalue weighted by Gasteiger charge is 2.40. The zero-order valence-corrected chi connectivity index (χ0v) is 12.7. The van der Waals surface area contributed by atoms with E-state index in [0.29, 0.717) is 12.0 Å². The quantitative estimate of drug-likeness (QED) is 0.699. The number of aliphatic hydroxyl groups excluding tert-OH is 1. The van der Waals surface area contributed by atoms with Crippen LogP contribution in [0.2, 0.25) is 0 Å². The molecule has 0 heterocycles. The number of likely N-dealkylation sites (N-methyl/N-ethyl adjacent to an activating group) is 1. The predicted octanol–water partition coefficient (Wildman–Crippen LogP) is 2.25. The highest BCUT2D eigenvalue weighted by molar-refractivity contribution is 4.98. The molecule has 3 atom stereocenters. The van der Waals surface area contributed by atoms with Crippen molar-refractivity contribution in [1.29, 1.82) is 0 Å². The zero-order valence-electron chi connectivity index (χ0n) is 12.7. The van der Waals surface area contributed by atoms with E-state index in [1.807, 2.05) is 7.05 Å². The lowest BCUT2D eigenvalue weighted by Gasteiger charge is -2.36. The van der Waals surface area contributed by atoms with Crippen LogP contribution in [0.1, 0.15) is 52.9 Å². The van der Waals surface area contributed by atoms with E-state index < -0.39 is 0 Å². The Balaban J connectivity index is 2.51. The minimum atomic E-state index is -0.00510. The van der Waals surface area contributed by atoms with Gasteiger partial charge < -0.3 is 15.3 Å². The van der Waals surface area contributed by atoms with Gasteiger partial charge in [-0.1, -0.05) is 20.3 Å². The maximum atomic E-state index is 9.69. The van der Waals surface area contributed by atoms with Gasteiger partial charge in [-0.15, -0.1) is 0 Å². The first-order valence-corrected chi connectivity index (χ1v) is 7.67. The molecule has 0 spiro atoms. The largest absolute Gasteiger partial charge is 0.394 e. The average molecular weight is 256 g/mol. The molecule has 0 aromatic heterocycles. The second-order valence-corrected chi connectivity index (χ2v) is 5.83. The molecule has 1 saturated carbocycles. The fourth-order valence-electron chi connectivity index (χ4n) is 3.45. The van der Waals surface area contributed by atoms with Crippen molar-refractivity contribution in [3.63, 3.8) is 0 Å². The van der Waals surface area contributed by atoms with Crippen molar-refractivity contribution in [2.45, 2.75) is 64.5 Å². The lowest BCUT2D eigenvalue weighted by molar-refractivity contribution is 0.112. The van der Waals surface area contributed by atoms with Gasteiger partial charge in [0, 0.05) is 11.6 Å². The first kappa shape index (κ1) is 15.9. The predicted molar refractivity (Wildman–Crippen MR) is 77.8 cm³/mol. The van der Waals surface area contributed by atoms with Crippen LogP contribution in [0.15, 0.2) is 0 Å². The summed E-state index contributed by atoms with van der Waals surface area (Å²) in [6, 6.07) is 0.675. The minimum absolute atomic E-state index is 0.00510. The summed E-state index contributed by atoms with van der Waals surface area (Å²) in [5, 5.41) is 13.1. The van der Waals surface area contributed by atoms with Crippen LogP contribution in [0, 0.1) is 5.92 Å². The Bertz CT molecular complexity index is 229. The second kappa shape index (κ2) is 7.46. The monoisotopic (exact) mass is 256 g/mol. The molecule has 0 radical (unpaired) electrons. The maximum absolute atomic E-state index is 9.69. The molecule has 3 unspecified atom stereocenters. The third kappa shape index (κ3) is 3.46. The molecule has 0 bridgehead atoms. The van der Waals surface area contributed by atoms with E-state index in [-0.39, 0.29) is 12.1 Å². The van der Waals surface area contributed by atoms with E-state index >= 15 is 0 Å². The van der Waals surface area contributed by atoms with Gasteiger partial charge in [-0.3, -0.25) is 0 Å². The molecule has 0 amide bonds. The third-order valence-corrected chi connectivity index (χ3v) is 5.12. The Morgan fingerprint density at radius 1 is 1.44 bits per heavy atom. The summed E-state index contributed by atoms with van der Waals surface area (Å²) in [4.78, 5) is 2.57. The van der Waals surface area contributed by atoms with Crippen LogP contribution < -0.4 is 5.32 Å². The SMILES string of the molecule is CCC(C)N(CC)CCC1CCCC1(CO)NC. The van der Waals surface area contributed by atoms with Gasteiger partial charge in [-0.25, -0.2) is 0 Å². The number of hydrogen-bond acceptors (Lipinski definition) is 3. The van der Waals surface area contributed by atoms with E-state index in [9.17, 15) is 5.11 Å². The molecule has 0 saturated heterocycles. The second-order valence-electron chi connectivity index (χ2n) is 5.83. The number of nitrogens with one attached hydrogen (secondary N) is 1. The number of rotatable bonds is 8. The topological polar surface area (TPSA) is 35.5 Å². The number of aliphatic hydroxyl groups is 1. The molecular weight excluding hydrogens is 224 g/mol. The lowest BCUT2D eigenvalue weighted by Crippen LogP contribution is -2.50. The summed E-state index contributed by atoms with van der Waals surface area (Å²) in [5.41, 5.74) is -0.00510. The first-order valence-electron chi connectivity index (χ1n) is 7.67. The maximum Gasteiger partial charge on any atom is 0.0615 e. The Hall–Kier alpha value is -0.120. The van der Waals surface area contributed by atoms with Crippen LogP contribution in [0.4, 0.5) is 0 Å². The summed E-state index contributed by atoms with van der Waals surface area (Å²) in [6.45, 7) is 9.40. The molecule has 2 N–H and O–H groups in total. The molecule has 3 nitrogen and oxygen atoms in total. The van der Waals surface area contributed by atoms with Crippen molar-refractivity contribution < 1.29 is 5.11 Å². The highest BCUT2D eigenvalue weighted by Crippen LogP contribution is 2.37. The van der Waals surface area contributed by atoms with Gasteiger partial charge in [-0.05, 0) is 58.7 Å². The van der Waals surface area contributed by atoms with Crippen molar-refractivity contribution >= 4 is 0 Å². The molecule has 1 aliphatic rings. The molecule has 1 aliphatic carbocycles. The van der Waals surface area contributed by atoms with Crippen LogP contribution in [-0.4, -0.2) is 48.3 Å². The van der Waals surface area contributed by atoms with Crippen molar-refractivity contribution in [2.75, 3.05) is 26.7 Å². The standard InChI is InChI=1S/C15H32N2O/c1-5-13(3)17(6-2)11-9-14-8-7-10-15(14,12-18)16-4/h13-14,16,18H,5-12H2,1-4H3. The van der Waals surface area contributed by atoms with Gasteiger partial charge in [0.1, 0.15) is 0 Å². The van der Waals surface area contributed by atoms with E-state index in [1.165, 1.54) is 32.2 Å². The fourth-order valence-corrected chi connectivity index (χ4v) is 3.45. The smallest absolute Gasteiger partial charge is 0.0615 e.